The van der Waals surface area contributed by atoms with E-state index in [0.29, 0.717) is 5.56 Å². The Morgan fingerprint density at radius 1 is 1.00 bits per heavy atom. The lowest BCUT2D eigenvalue weighted by Gasteiger charge is -2.45. The van der Waals surface area contributed by atoms with Gasteiger partial charge in [0.2, 0.25) is 0 Å². The maximum Gasteiger partial charge on any atom is 0.331 e. The molecular weight excluding hydrogens is 492 g/mol. The zero-order valence-corrected chi connectivity index (χ0v) is 21.2. The highest BCUT2D eigenvalue weighted by molar-refractivity contribution is 5.87. The quantitative estimate of drug-likeness (QED) is 0.299. The van der Waals surface area contributed by atoms with E-state index in [2.05, 4.69) is 0 Å². The van der Waals surface area contributed by atoms with Gasteiger partial charge in [0, 0.05) is 6.08 Å². The van der Waals surface area contributed by atoms with Gasteiger partial charge in [0.25, 0.3) is 0 Å². The predicted molar refractivity (Wildman–Crippen MR) is 125 cm³/mol. The number of carbonyl (C=O) groups is 1. The molecule has 10 unspecified atom stereocenters. The largest absolute Gasteiger partial charge is 0.504 e. The molecule has 12 nitrogen and oxygen atoms in total. The molecule has 4 N–H and O–H groups in total. The van der Waals surface area contributed by atoms with E-state index < -0.39 is 73.2 Å². The number of phenols is 1. The van der Waals surface area contributed by atoms with Crippen molar-refractivity contribution in [1.82, 2.24) is 0 Å². The van der Waals surface area contributed by atoms with Crippen molar-refractivity contribution in [3.8, 4) is 11.5 Å². The zero-order chi connectivity index (χ0) is 27.1. The van der Waals surface area contributed by atoms with E-state index in [1.54, 1.807) is 33.8 Å². The van der Waals surface area contributed by atoms with E-state index in [4.69, 9.17) is 33.2 Å². The summed E-state index contributed by atoms with van der Waals surface area (Å²) < 4.78 is 39.3. The number of ether oxygens (including phenoxy) is 7. The number of phenolic OH excluding ortho intramolecular Hbond substituents is 1. The molecule has 3 aliphatic rings. The van der Waals surface area contributed by atoms with Crippen molar-refractivity contribution < 1.29 is 58.4 Å². The highest BCUT2D eigenvalue weighted by atomic mass is 16.8. The van der Waals surface area contributed by atoms with Crippen LogP contribution in [0.4, 0.5) is 0 Å². The highest BCUT2D eigenvalue weighted by Gasteiger charge is 2.56. The minimum Gasteiger partial charge on any atom is -0.504 e. The molecule has 1 aromatic rings. The minimum absolute atomic E-state index is 0.0408. The first-order chi connectivity index (χ1) is 17.4. The summed E-state index contributed by atoms with van der Waals surface area (Å²) in [6, 6.07) is 4.53. The maximum atomic E-state index is 12.4. The van der Waals surface area contributed by atoms with Crippen LogP contribution in [0, 0.1) is 0 Å². The van der Waals surface area contributed by atoms with Gasteiger partial charge in [-0.15, -0.1) is 0 Å². The van der Waals surface area contributed by atoms with Gasteiger partial charge < -0.3 is 53.6 Å². The smallest absolute Gasteiger partial charge is 0.331 e. The number of hydrogen-bond donors (Lipinski definition) is 4. The number of rotatable bonds is 6. The molecule has 1 aromatic carbocycles. The van der Waals surface area contributed by atoms with Gasteiger partial charge >= 0.3 is 5.97 Å². The van der Waals surface area contributed by atoms with Gasteiger partial charge in [-0.3, -0.25) is 0 Å². The normalized spacial score (nSPS) is 39.4. The monoisotopic (exact) mass is 526 g/mol. The second-order valence-corrected chi connectivity index (χ2v) is 9.75. The fourth-order valence-corrected chi connectivity index (χ4v) is 4.69. The molecule has 3 aliphatic heterocycles. The number of methoxy groups -OCH3 is 1. The Hall–Kier alpha value is -2.29. The second-order valence-electron chi connectivity index (χ2n) is 9.75. The third-order valence-electron chi connectivity index (χ3n) is 6.52. The van der Waals surface area contributed by atoms with Gasteiger partial charge in [-0.2, -0.15) is 0 Å². The number of aliphatic hydroxyl groups excluding tert-OH is 3. The number of esters is 1. The van der Waals surface area contributed by atoms with E-state index in [-0.39, 0.29) is 11.5 Å². The average molecular weight is 527 g/mol. The van der Waals surface area contributed by atoms with Crippen molar-refractivity contribution >= 4 is 12.0 Å². The highest BCUT2D eigenvalue weighted by Crippen LogP contribution is 2.39. The molecule has 12 heteroatoms. The van der Waals surface area contributed by atoms with Gasteiger partial charge in [0.05, 0.1) is 19.3 Å². The van der Waals surface area contributed by atoms with Gasteiger partial charge in [-0.25, -0.2) is 4.79 Å². The summed E-state index contributed by atoms with van der Waals surface area (Å²) in [5, 5.41) is 41.4. The number of carbonyl (C=O) groups excluding carboxylic acids is 1. The van der Waals surface area contributed by atoms with E-state index >= 15 is 0 Å². The summed E-state index contributed by atoms with van der Waals surface area (Å²) in [4.78, 5) is 12.4. The van der Waals surface area contributed by atoms with Crippen LogP contribution in [-0.4, -0.2) is 101 Å². The van der Waals surface area contributed by atoms with Crippen LogP contribution in [0.5, 0.6) is 11.5 Å². The maximum absolute atomic E-state index is 12.4. The van der Waals surface area contributed by atoms with Crippen LogP contribution >= 0.6 is 0 Å². The molecule has 0 aliphatic carbocycles. The Labute approximate surface area is 214 Å². The zero-order valence-electron chi connectivity index (χ0n) is 21.2. The lowest BCUT2D eigenvalue weighted by molar-refractivity contribution is -0.338. The van der Waals surface area contributed by atoms with E-state index in [0.717, 1.165) is 6.08 Å². The third kappa shape index (κ3) is 5.91. The van der Waals surface area contributed by atoms with Crippen LogP contribution in [0.3, 0.4) is 0 Å². The number of fused-ring (bicyclic) bond motifs is 1. The summed E-state index contributed by atoms with van der Waals surface area (Å²) in [6.45, 7) is 6.64. The number of hydrogen-bond acceptors (Lipinski definition) is 12. The summed E-state index contributed by atoms with van der Waals surface area (Å²) in [7, 11) is 1.41. The molecule has 0 spiro atoms. The number of benzene rings is 1. The fourth-order valence-electron chi connectivity index (χ4n) is 4.69. The van der Waals surface area contributed by atoms with Crippen LogP contribution < -0.4 is 4.74 Å². The van der Waals surface area contributed by atoms with Gasteiger partial charge in [-0.1, -0.05) is 6.07 Å². The molecule has 10 atom stereocenters. The van der Waals surface area contributed by atoms with Crippen molar-refractivity contribution in [3.05, 3.63) is 29.8 Å². The van der Waals surface area contributed by atoms with Crippen molar-refractivity contribution in [2.45, 2.75) is 94.9 Å². The van der Waals surface area contributed by atoms with Crippen LogP contribution in [-0.2, 0) is 33.2 Å². The Kier molecular flexibility index (Phi) is 8.12. The Balaban J connectivity index is 1.39. The first-order valence-corrected chi connectivity index (χ1v) is 12.0. The Morgan fingerprint density at radius 3 is 2.38 bits per heavy atom. The molecule has 0 amide bonds. The van der Waals surface area contributed by atoms with Crippen LogP contribution in [0.25, 0.3) is 6.08 Å². The van der Waals surface area contributed by atoms with Crippen molar-refractivity contribution in [2.24, 2.45) is 0 Å². The molecule has 206 valence electrons. The molecule has 3 heterocycles. The molecule has 0 saturated carbocycles. The van der Waals surface area contributed by atoms with Gasteiger partial charge in [0.1, 0.15) is 30.5 Å². The predicted octanol–water partition coefficient (Wildman–Crippen LogP) is 0.435. The van der Waals surface area contributed by atoms with E-state index in [9.17, 15) is 25.2 Å². The first kappa shape index (κ1) is 27.7. The van der Waals surface area contributed by atoms with Gasteiger partial charge in [0.15, 0.2) is 36.0 Å². The van der Waals surface area contributed by atoms with Crippen molar-refractivity contribution in [1.29, 1.82) is 0 Å². The second kappa shape index (κ2) is 10.8. The summed E-state index contributed by atoms with van der Waals surface area (Å²) >= 11 is 0. The molecule has 0 radical (unpaired) electrons. The minimum atomic E-state index is -1.56. The van der Waals surface area contributed by atoms with Crippen molar-refractivity contribution in [3.63, 3.8) is 0 Å². The Morgan fingerprint density at radius 2 is 1.68 bits per heavy atom. The fraction of sp³-hybridized carbons (Fsp3) is 0.640. The summed E-state index contributed by atoms with van der Waals surface area (Å²) in [5.41, 5.74) is 0.571. The molecule has 3 saturated heterocycles. The lowest BCUT2D eigenvalue weighted by Crippen LogP contribution is -2.62. The SMILES string of the molecule is COc1cc(/C=C/C(=O)OC2C(C)OC(OC3C(C)OC(O)C4OC(C)(C)OC34)C(O)C2O)ccc1O. The number of aromatic hydroxyl groups is 1. The molecule has 3 fully saturated rings. The molecule has 4 rings (SSSR count). The molecular formula is C25H34O12. The number of aliphatic hydroxyl groups is 3. The first-order valence-electron chi connectivity index (χ1n) is 12.0. The van der Waals surface area contributed by atoms with Crippen molar-refractivity contribution in [2.75, 3.05) is 7.11 Å². The third-order valence-corrected chi connectivity index (χ3v) is 6.52. The molecule has 0 bridgehead atoms. The topological polar surface area (TPSA) is 163 Å². The van der Waals surface area contributed by atoms with Crippen LogP contribution in [0.1, 0.15) is 33.3 Å². The lowest BCUT2D eigenvalue weighted by atomic mass is 9.97. The van der Waals surface area contributed by atoms with Gasteiger partial charge in [-0.05, 0) is 51.5 Å². The van der Waals surface area contributed by atoms with E-state index in [1.807, 2.05) is 0 Å². The van der Waals surface area contributed by atoms with Crippen LogP contribution in [0.2, 0.25) is 0 Å². The molecule has 0 aromatic heterocycles. The standard InChI is InChI=1S/C25H34O12/c1-11-19(34-16(27)9-7-13-6-8-14(26)15(10-13)31-5)17(28)18(29)24(33-11)35-20-12(2)32-23(30)22-21(20)36-25(3,4)37-22/h6-12,17-24,26,28-30H,1-5H3/b9-7+. The average Bonchev–Trinajstić information content (AvgIpc) is 3.17. The van der Waals surface area contributed by atoms with Crippen LogP contribution in [0.15, 0.2) is 24.3 Å². The Bertz CT molecular complexity index is 996. The van der Waals surface area contributed by atoms with E-state index in [1.165, 1.54) is 25.3 Å². The summed E-state index contributed by atoms with van der Waals surface area (Å²) in [6.07, 6.45) is -7.97. The molecule has 37 heavy (non-hydrogen) atoms. The summed E-state index contributed by atoms with van der Waals surface area (Å²) in [5.74, 6) is -1.56.